The molecular weight excluding hydrogens is 282 g/mol. The van der Waals surface area contributed by atoms with Gasteiger partial charge in [-0.3, -0.25) is 9.69 Å². The van der Waals surface area contributed by atoms with E-state index in [9.17, 15) is 4.79 Å². The molecule has 0 unspecified atom stereocenters. The first-order valence-corrected chi connectivity index (χ1v) is 7.94. The first-order chi connectivity index (χ1) is 10.4. The fourth-order valence-electron chi connectivity index (χ4n) is 2.72. The number of carbonyl (C=O) groups is 1. The summed E-state index contributed by atoms with van der Waals surface area (Å²) in [6.07, 6.45) is 0.164. The molecule has 124 valence electrons. The zero-order valence-electron chi connectivity index (χ0n) is 14.1. The average molecular weight is 309 g/mol. The van der Waals surface area contributed by atoms with Gasteiger partial charge in [0, 0.05) is 45.2 Å². The van der Waals surface area contributed by atoms with Crippen LogP contribution in [0.5, 0.6) is 0 Å². The van der Waals surface area contributed by atoms with Gasteiger partial charge >= 0.3 is 0 Å². The third kappa shape index (κ3) is 4.51. The molecule has 1 fully saturated rings. The fraction of sp³-hybridized carbons (Fsp3) is 0.800. The third-order valence-electron chi connectivity index (χ3n) is 4.28. The second-order valence-electron chi connectivity index (χ2n) is 6.42. The molecule has 7 heteroatoms. The van der Waals surface area contributed by atoms with Crippen molar-refractivity contribution in [2.45, 2.75) is 39.7 Å². The van der Waals surface area contributed by atoms with Crippen molar-refractivity contribution in [3.63, 3.8) is 0 Å². The molecule has 1 N–H and O–H groups in total. The Morgan fingerprint density at radius 1 is 1.32 bits per heavy atom. The van der Waals surface area contributed by atoms with E-state index in [2.05, 4.69) is 46.0 Å². The van der Waals surface area contributed by atoms with Crippen LogP contribution in [0.2, 0.25) is 0 Å². The van der Waals surface area contributed by atoms with E-state index in [-0.39, 0.29) is 17.9 Å². The number of likely N-dealkylation sites (N-methyl/N-ethyl adjacent to an activating group) is 1. The summed E-state index contributed by atoms with van der Waals surface area (Å²) in [6, 6.07) is 0. The molecule has 2 rings (SSSR count). The minimum absolute atomic E-state index is 0.0529. The van der Waals surface area contributed by atoms with Gasteiger partial charge in [0.15, 0.2) is 5.82 Å². The number of carbonyl (C=O) groups excluding carboxylic acids is 1. The summed E-state index contributed by atoms with van der Waals surface area (Å²) in [6.45, 7) is 14.3. The van der Waals surface area contributed by atoms with Crippen molar-refractivity contribution < 1.29 is 9.32 Å². The quantitative estimate of drug-likeness (QED) is 0.822. The number of hydrogen-bond donors (Lipinski definition) is 1. The van der Waals surface area contributed by atoms with Gasteiger partial charge in [0.05, 0.1) is 6.42 Å². The summed E-state index contributed by atoms with van der Waals surface area (Å²) >= 11 is 0. The first-order valence-electron chi connectivity index (χ1n) is 7.94. The van der Waals surface area contributed by atoms with E-state index in [4.69, 9.17) is 4.52 Å². The largest absolute Gasteiger partial charge is 0.354 e. The Morgan fingerprint density at radius 3 is 2.55 bits per heavy atom. The molecule has 0 aromatic carbocycles. The number of aromatic nitrogens is 2. The maximum absolute atomic E-state index is 12.0. The molecular formula is C15H27N5O2. The van der Waals surface area contributed by atoms with Gasteiger partial charge in [0.2, 0.25) is 11.8 Å². The highest BCUT2D eigenvalue weighted by Gasteiger charge is 2.29. The SMILES string of the molecule is CCN1CCN(C(C)(C)CNC(=O)Cc2noc(C)n2)CC1. The lowest BCUT2D eigenvalue weighted by atomic mass is 10.0. The van der Waals surface area contributed by atoms with Crippen molar-refractivity contribution in [2.75, 3.05) is 39.3 Å². The number of amides is 1. The molecule has 1 aliphatic heterocycles. The van der Waals surface area contributed by atoms with Crippen LogP contribution in [0, 0.1) is 6.92 Å². The molecule has 1 amide bonds. The van der Waals surface area contributed by atoms with Crippen LogP contribution in [0.15, 0.2) is 4.52 Å². The van der Waals surface area contributed by atoms with Crippen LogP contribution in [0.25, 0.3) is 0 Å². The van der Waals surface area contributed by atoms with Gasteiger partial charge in [0.25, 0.3) is 0 Å². The van der Waals surface area contributed by atoms with Crippen molar-refractivity contribution in [3.05, 3.63) is 11.7 Å². The van der Waals surface area contributed by atoms with E-state index in [0.717, 1.165) is 32.7 Å². The number of nitrogens with one attached hydrogen (secondary N) is 1. The standard InChI is InChI=1S/C15H27N5O2/c1-5-19-6-8-20(9-7-19)15(3,4)11-16-14(21)10-13-17-12(2)22-18-13/h5-11H2,1-4H3,(H,16,21). The van der Waals surface area contributed by atoms with Crippen LogP contribution in [0.3, 0.4) is 0 Å². The molecule has 0 saturated carbocycles. The Kier molecular flexibility index (Phi) is 5.52. The molecule has 1 aliphatic rings. The van der Waals surface area contributed by atoms with Gasteiger partial charge in [-0.05, 0) is 20.4 Å². The number of aryl methyl sites for hydroxylation is 1. The van der Waals surface area contributed by atoms with E-state index in [0.29, 0.717) is 18.3 Å². The lowest BCUT2D eigenvalue weighted by Gasteiger charge is -2.44. The van der Waals surface area contributed by atoms with E-state index >= 15 is 0 Å². The highest BCUT2D eigenvalue weighted by molar-refractivity contribution is 5.77. The number of piperazine rings is 1. The van der Waals surface area contributed by atoms with Crippen LogP contribution < -0.4 is 5.32 Å². The molecule has 1 saturated heterocycles. The summed E-state index contributed by atoms with van der Waals surface area (Å²) in [5.41, 5.74) is -0.0529. The summed E-state index contributed by atoms with van der Waals surface area (Å²) in [5, 5.41) is 6.73. The Balaban J connectivity index is 1.78. The van der Waals surface area contributed by atoms with Crippen LogP contribution >= 0.6 is 0 Å². The van der Waals surface area contributed by atoms with Gasteiger partial charge in [-0.2, -0.15) is 4.98 Å². The number of nitrogens with zero attached hydrogens (tertiary/aromatic N) is 4. The van der Waals surface area contributed by atoms with Crippen molar-refractivity contribution in [3.8, 4) is 0 Å². The predicted molar refractivity (Wildman–Crippen MR) is 83.5 cm³/mol. The zero-order chi connectivity index (χ0) is 16.2. The van der Waals surface area contributed by atoms with Crippen molar-refractivity contribution in [1.29, 1.82) is 0 Å². The molecule has 1 aromatic heterocycles. The smallest absolute Gasteiger partial charge is 0.227 e. The molecule has 22 heavy (non-hydrogen) atoms. The van der Waals surface area contributed by atoms with E-state index in [1.807, 2.05) is 0 Å². The Morgan fingerprint density at radius 2 is 2.00 bits per heavy atom. The van der Waals surface area contributed by atoms with Gasteiger partial charge in [-0.25, -0.2) is 0 Å². The van der Waals surface area contributed by atoms with E-state index in [1.54, 1.807) is 6.92 Å². The summed E-state index contributed by atoms with van der Waals surface area (Å²) < 4.78 is 4.87. The topological polar surface area (TPSA) is 74.5 Å². The lowest BCUT2D eigenvalue weighted by Crippen LogP contribution is -2.58. The minimum Gasteiger partial charge on any atom is -0.354 e. The summed E-state index contributed by atoms with van der Waals surface area (Å²) in [7, 11) is 0. The number of rotatable bonds is 6. The summed E-state index contributed by atoms with van der Waals surface area (Å²) in [4.78, 5) is 20.9. The average Bonchev–Trinajstić information content (AvgIpc) is 2.90. The van der Waals surface area contributed by atoms with Gasteiger partial charge in [-0.1, -0.05) is 12.1 Å². The molecule has 0 atom stereocenters. The first kappa shape index (κ1) is 16.9. The van der Waals surface area contributed by atoms with Crippen molar-refractivity contribution in [2.24, 2.45) is 0 Å². The van der Waals surface area contributed by atoms with Crippen LogP contribution in [-0.4, -0.2) is 70.7 Å². The van der Waals surface area contributed by atoms with E-state index < -0.39 is 0 Å². The second kappa shape index (κ2) is 7.19. The maximum atomic E-state index is 12.0. The Bertz CT molecular complexity index is 492. The maximum Gasteiger partial charge on any atom is 0.227 e. The number of hydrogen-bond acceptors (Lipinski definition) is 6. The fourth-order valence-corrected chi connectivity index (χ4v) is 2.72. The molecule has 0 bridgehead atoms. The molecule has 2 heterocycles. The minimum atomic E-state index is -0.0685. The van der Waals surface area contributed by atoms with Crippen molar-refractivity contribution >= 4 is 5.91 Å². The molecule has 0 spiro atoms. The van der Waals surface area contributed by atoms with Gasteiger partial charge < -0.3 is 14.7 Å². The molecule has 0 aliphatic carbocycles. The van der Waals surface area contributed by atoms with Crippen molar-refractivity contribution in [1.82, 2.24) is 25.3 Å². The third-order valence-corrected chi connectivity index (χ3v) is 4.28. The van der Waals surface area contributed by atoms with Gasteiger partial charge in [0.1, 0.15) is 0 Å². The van der Waals surface area contributed by atoms with E-state index in [1.165, 1.54) is 0 Å². The van der Waals surface area contributed by atoms with Crippen LogP contribution in [-0.2, 0) is 11.2 Å². The second-order valence-corrected chi connectivity index (χ2v) is 6.42. The van der Waals surface area contributed by atoms with Crippen LogP contribution in [0.1, 0.15) is 32.5 Å². The molecule has 7 nitrogen and oxygen atoms in total. The predicted octanol–water partition coefficient (Wildman–Crippen LogP) is 0.453. The lowest BCUT2D eigenvalue weighted by molar-refractivity contribution is -0.121. The normalized spacial score (nSPS) is 17.6. The molecule has 0 radical (unpaired) electrons. The van der Waals surface area contributed by atoms with Gasteiger partial charge in [-0.15, -0.1) is 0 Å². The summed E-state index contributed by atoms with van der Waals surface area (Å²) in [5.74, 6) is 0.849. The zero-order valence-corrected chi connectivity index (χ0v) is 14.1. The Hall–Kier alpha value is -1.47. The van der Waals surface area contributed by atoms with Crippen LogP contribution in [0.4, 0.5) is 0 Å². The molecule has 1 aromatic rings. The highest BCUT2D eigenvalue weighted by atomic mass is 16.5. The monoisotopic (exact) mass is 309 g/mol. The Labute approximate surface area is 132 Å². The highest BCUT2D eigenvalue weighted by Crippen LogP contribution is 2.16.